The summed E-state index contributed by atoms with van der Waals surface area (Å²) in [4.78, 5) is 27.5. The number of methoxy groups -OCH3 is 1. The minimum atomic E-state index is -0.593. The van der Waals surface area contributed by atoms with Crippen LogP contribution in [-0.4, -0.2) is 36.6 Å². The van der Waals surface area contributed by atoms with Crippen molar-refractivity contribution in [3.8, 4) is 5.75 Å². The second kappa shape index (κ2) is 8.59. The molecule has 0 aliphatic carbocycles. The first-order valence-corrected chi connectivity index (χ1v) is 10.1. The lowest BCUT2D eigenvalue weighted by atomic mass is 9.85. The Bertz CT molecular complexity index is 1060. The van der Waals surface area contributed by atoms with Crippen molar-refractivity contribution in [1.29, 1.82) is 0 Å². The largest absolute Gasteiger partial charge is 0.497 e. The summed E-state index contributed by atoms with van der Waals surface area (Å²) in [7, 11) is 1.64. The molecule has 1 fully saturated rings. The summed E-state index contributed by atoms with van der Waals surface area (Å²) in [6.07, 6.45) is 4.25. The molecule has 1 aliphatic heterocycles. The Morgan fingerprint density at radius 3 is 2.57 bits per heavy atom. The van der Waals surface area contributed by atoms with Crippen molar-refractivity contribution in [3.05, 3.63) is 65.4 Å². The third-order valence-electron chi connectivity index (χ3n) is 5.74. The number of benzene rings is 2. The van der Waals surface area contributed by atoms with Gasteiger partial charge in [0.25, 0.3) is 5.91 Å². The van der Waals surface area contributed by atoms with Crippen molar-refractivity contribution in [2.45, 2.75) is 31.2 Å². The number of fused-ring (bicyclic) bond motifs is 1. The molecular weight excluding hydrogens is 380 g/mol. The van der Waals surface area contributed by atoms with E-state index in [1.807, 2.05) is 42.6 Å². The van der Waals surface area contributed by atoms with Crippen LogP contribution in [0, 0.1) is 0 Å². The predicted molar refractivity (Wildman–Crippen MR) is 116 cm³/mol. The van der Waals surface area contributed by atoms with Crippen LogP contribution in [-0.2, 0) is 17.6 Å². The molecule has 0 radical (unpaired) electrons. The summed E-state index contributed by atoms with van der Waals surface area (Å²) in [5.74, 6) is 0.378. The number of rotatable bonds is 8. The Kier molecular flexibility index (Phi) is 5.72. The lowest BCUT2D eigenvalue weighted by molar-refractivity contribution is -0.120. The number of nitrogens with one attached hydrogen (secondary N) is 3. The molecule has 156 valence electrons. The number of nitrogens with two attached hydrogens (primary N) is 1. The molecular formula is C23H26N4O3. The molecule has 30 heavy (non-hydrogen) atoms. The Labute approximate surface area is 175 Å². The maximum atomic E-state index is 12.4. The summed E-state index contributed by atoms with van der Waals surface area (Å²) in [5.41, 5.74) is 10.1. The minimum Gasteiger partial charge on any atom is -0.497 e. The van der Waals surface area contributed by atoms with Crippen LogP contribution in [0.4, 0.5) is 4.79 Å². The fraction of sp³-hybridized carbons (Fsp3) is 0.304. The van der Waals surface area contributed by atoms with E-state index in [-0.39, 0.29) is 11.8 Å². The van der Waals surface area contributed by atoms with Crippen molar-refractivity contribution < 1.29 is 14.3 Å². The smallest absolute Gasteiger partial charge is 0.322 e. The normalized spacial score (nSPS) is 17.1. The number of H-pyrrole nitrogens is 1. The topological polar surface area (TPSA) is 109 Å². The summed E-state index contributed by atoms with van der Waals surface area (Å²) < 4.78 is 5.22. The van der Waals surface area contributed by atoms with Crippen LogP contribution in [0.15, 0.2) is 48.7 Å². The molecule has 1 aliphatic rings. The Hall–Kier alpha value is -3.32. The van der Waals surface area contributed by atoms with Gasteiger partial charge in [-0.15, -0.1) is 0 Å². The average molecular weight is 406 g/mol. The highest BCUT2D eigenvalue weighted by atomic mass is 16.5. The molecule has 4 rings (SSSR count). The molecule has 7 heteroatoms. The zero-order chi connectivity index (χ0) is 21.1. The van der Waals surface area contributed by atoms with Gasteiger partial charge in [-0.3, -0.25) is 10.1 Å². The number of urea groups is 1. The maximum absolute atomic E-state index is 12.4. The van der Waals surface area contributed by atoms with E-state index in [0.717, 1.165) is 46.2 Å². The van der Waals surface area contributed by atoms with Gasteiger partial charge < -0.3 is 20.8 Å². The van der Waals surface area contributed by atoms with Gasteiger partial charge in [0.1, 0.15) is 11.8 Å². The predicted octanol–water partition coefficient (Wildman–Crippen LogP) is 2.60. The van der Waals surface area contributed by atoms with Gasteiger partial charge in [0.15, 0.2) is 0 Å². The molecule has 2 atom stereocenters. The van der Waals surface area contributed by atoms with Crippen LogP contribution < -0.4 is 21.1 Å². The van der Waals surface area contributed by atoms with Crippen LogP contribution in [0.2, 0.25) is 0 Å². The molecule has 0 spiro atoms. The zero-order valence-corrected chi connectivity index (χ0v) is 16.9. The van der Waals surface area contributed by atoms with E-state index in [4.69, 9.17) is 10.5 Å². The van der Waals surface area contributed by atoms with E-state index in [2.05, 4.69) is 21.7 Å². The van der Waals surface area contributed by atoms with Crippen LogP contribution in [0.1, 0.15) is 29.0 Å². The molecule has 0 bridgehead atoms. The van der Waals surface area contributed by atoms with E-state index in [1.165, 1.54) is 0 Å². The Balaban J connectivity index is 1.64. The first kappa shape index (κ1) is 20.0. The molecule has 3 aromatic rings. The number of amides is 3. The molecule has 1 saturated heterocycles. The highest BCUT2D eigenvalue weighted by Gasteiger charge is 2.36. The molecule has 1 aromatic heterocycles. The van der Waals surface area contributed by atoms with Crippen molar-refractivity contribution in [3.63, 3.8) is 0 Å². The second-order valence-electron chi connectivity index (χ2n) is 7.59. The number of aromatic amines is 1. The number of carbonyl (C=O) groups is 2. The quantitative estimate of drug-likeness (QED) is 0.431. The van der Waals surface area contributed by atoms with Gasteiger partial charge in [-0.25, -0.2) is 4.79 Å². The SMILES string of the molecule is COc1ccc(CCC(c2ccc3[nH]cc(CCN)c3c2)C2NC(=O)NC2=O)cc1. The number of hydrogen-bond donors (Lipinski definition) is 4. The van der Waals surface area contributed by atoms with Gasteiger partial charge in [0, 0.05) is 23.0 Å². The average Bonchev–Trinajstić information content (AvgIpc) is 3.31. The number of carbonyl (C=O) groups excluding carboxylic acids is 2. The van der Waals surface area contributed by atoms with Crippen LogP contribution in [0.3, 0.4) is 0 Å². The van der Waals surface area contributed by atoms with Gasteiger partial charge >= 0.3 is 6.03 Å². The van der Waals surface area contributed by atoms with Crippen molar-refractivity contribution in [2.75, 3.05) is 13.7 Å². The van der Waals surface area contributed by atoms with Crippen LogP contribution >= 0.6 is 0 Å². The highest BCUT2D eigenvalue weighted by Crippen LogP contribution is 2.31. The van der Waals surface area contributed by atoms with Crippen molar-refractivity contribution in [1.82, 2.24) is 15.6 Å². The molecule has 3 amide bonds. The van der Waals surface area contributed by atoms with E-state index < -0.39 is 12.1 Å². The lowest BCUT2D eigenvalue weighted by Crippen LogP contribution is -2.35. The van der Waals surface area contributed by atoms with Crippen molar-refractivity contribution >= 4 is 22.8 Å². The third kappa shape index (κ3) is 4.02. The minimum absolute atomic E-state index is 0.149. The molecule has 2 heterocycles. The van der Waals surface area contributed by atoms with Gasteiger partial charge in [-0.05, 0) is 66.8 Å². The van der Waals surface area contributed by atoms with Gasteiger partial charge in [-0.2, -0.15) is 0 Å². The summed E-state index contributed by atoms with van der Waals surface area (Å²) >= 11 is 0. The van der Waals surface area contributed by atoms with Crippen LogP contribution in [0.5, 0.6) is 5.75 Å². The van der Waals surface area contributed by atoms with Crippen molar-refractivity contribution in [2.24, 2.45) is 5.73 Å². The third-order valence-corrected chi connectivity index (χ3v) is 5.74. The first-order chi connectivity index (χ1) is 14.6. The first-order valence-electron chi connectivity index (χ1n) is 10.1. The number of aromatic nitrogens is 1. The number of imide groups is 1. The molecule has 7 nitrogen and oxygen atoms in total. The van der Waals surface area contributed by atoms with E-state index in [0.29, 0.717) is 13.0 Å². The van der Waals surface area contributed by atoms with E-state index in [1.54, 1.807) is 7.11 Å². The standard InChI is InChI=1S/C23H26N4O3/c1-30-17-6-2-14(3-7-17)4-8-18(21-22(28)27-23(29)26-21)15-5-9-20-19(12-15)16(10-11-24)13-25-20/h2-3,5-7,9,12-13,18,21,25H,4,8,10-11,24H2,1H3,(H2,26,27,28,29). The Morgan fingerprint density at radius 1 is 1.10 bits per heavy atom. The summed E-state index contributed by atoms with van der Waals surface area (Å²) in [6, 6.07) is 13.1. The van der Waals surface area contributed by atoms with Gasteiger partial charge in [-0.1, -0.05) is 18.2 Å². The fourth-order valence-electron chi connectivity index (χ4n) is 4.14. The summed E-state index contributed by atoms with van der Waals surface area (Å²) in [5, 5.41) is 6.27. The number of hydrogen-bond acceptors (Lipinski definition) is 4. The lowest BCUT2D eigenvalue weighted by Gasteiger charge is -2.22. The highest BCUT2D eigenvalue weighted by molar-refractivity contribution is 6.04. The fourth-order valence-corrected chi connectivity index (χ4v) is 4.14. The maximum Gasteiger partial charge on any atom is 0.322 e. The van der Waals surface area contributed by atoms with Crippen LogP contribution in [0.25, 0.3) is 10.9 Å². The Morgan fingerprint density at radius 2 is 1.90 bits per heavy atom. The van der Waals surface area contributed by atoms with Gasteiger partial charge in [0.05, 0.1) is 7.11 Å². The molecule has 2 unspecified atom stereocenters. The summed E-state index contributed by atoms with van der Waals surface area (Å²) in [6.45, 7) is 0.569. The second-order valence-corrected chi connectivity index (χ2v) is 7.59. The molecule has 0 saturated carbocycles. The van der Waals surface area contributed by atoms with Gasteiger partial charge in [0.2, 0.25) is 0 Å². The van der Waals surface area contributed by atoms with E-state index >= 15 is 0 Å². The zero-order valence-electron chi connectivity index (χ0n) is 16.9. The number of aryl methyl sites for hydroxylation is 1. The van der Waals surface area contributed by atoms with E-state index in [9.17, 15) is 9.59 Å². The molecule has 5 N–H and O–H groups in total. The molecule has 2 aromatic carbocycles. The number of ether oxygens (including phenoxy) is 1. The monoisotopic (exact) mass is 406 g/mol.